The quantitative estimate of drug-likeness (QED) is 0.229. The number of carbonyl (C=O) groups excluding carboxylic acids is 2. The van der Waals surface area contributed by atoms with E-state index in [-0.39, 0.29) is 31.1 Å². The summed E-state index contributed by atoms with van der Waals surface area (Å²) in [5.41, 5.74) is 2.85. The van der Waals surface area contributed by atoms with Gasteiger partial charge in [-0.3, -0.25) is 9.59 Å². The van der Waals surface area contributed by atoms with Crippen molar-refractivity contribution in [3.8, 4) is 0 Å². The molecule has 42 heavy (non-hydrogen) atoms. The highest BCUT2D eigenvalue weighted by Gasteiger charge is 2.38. The monoisotopic (exact) mass is 589 g/mol. The molecule has 16 heteroatoms. The summed E-state index contributed by atoms with van der Waals surface area (Å²) in [5, 5.41) is 10.7. The number of H-pyrrole nitrogens is 1. The molecule has 3 N–H and O–H groups in total. The molecule has 1 aliphatic carbocycles. The van der Waals surface area contributed by atoms with Crippen LogP contribution < -0.4 is 10.6 Å². The summed E-state index contributed by atoms with van der Waals surface area (Å²) in [4.78, 5) is 31.0. The van der Waals surface area contributed by atoms with Crippen LogP contribution in [0.5, 0.6) is 0 Å². The molecule has 1 aromatic carbocycles. The fourth-order valence-electron chi connectivity index (χ4n) is 3.47. The second-order valence-corrected chi connectivity index (χ2v) is 9.96. The van der Waals surface area contributed by atoms with Crippen LogP contribution in [0.25, 0.3) is 11.0 Å². The van der Waals surface area contributed by atoms with Gasteiger partial charge in [0.15, 0.2) is 11.8 Å². The molecule has 226 valence electrons. The number of ether oxygens (including phenoxy) is 1. The highest BCUT2D eigenvalue weighted by Crippen LogP contribution is 2.24. The van der Waals surface area contributed by atoms with E-state index in [1.54, 1.807) is 39.1 Å². The van der Waals surface area contributed by atoms with E-state index in [1.165, 1.54) is 31.2 Å². The van der Waals surface area contributed by atoms with Crippen LogP contribution in [-0.2, 0) is 22.5 Å². The number of nitrogens with one attached hydrogen (secondary N) is 3. The van der Waals surface area contributed by atoms with Gasteiger partial charge < -0.3 is 25.3 Å². The Morgan fingerprint density at radius 3 is 2.38 bits per heavy atom. The number of carbonyl (C=O) groups is 2. The number of hydrogen-bond donors (Lipinski definition) is 3. The maximum absolute atomic E-state index is 12.6. The molecule has 4 rings (SSSR count). The third-order valence-corrected chi connectivity index (χ3v) is 5.90. The van der Waals surface area contributed by atoms with E-state index in [4.69, 9.17) is 20.4 Å². The fraction of sp³-hybridized carbons (Fsp3) is 0.577. The highest BCUT2D eigenvalue weighted by molar-refractivity contribution is 6.40. The SMILES string of the molecule is C1CC1.CNC(=O)c1nonc1C.[B]C([B])(CNC)N(C=O)Cc1ccc2nc(C[C@@H](C)OC(C)C(F)(F)F)[nH]c2c1. The minimum atomic E-state index is -4.41. The van der Waals surface area contributed by atoms with Crippen molar-refractivity contribution in [3.05, 3.63) is 41.0 Å². The Bertz CT molecular complexity index is 1280. The second kappa shape index (κ2) is 15.7. The first-order valence-corrected chi connectivity index (χ1v) is 13.4. The summed E-state index contributed by atoms with van der Waals surface area (Å²) in [6.45, 7) is 4.58. The molecule has 4 radical (unpaired) electrons. The number of benzene rings is 1. The molecule has 0 bridgehead atoms. The van der Waals surface area contributed by atoms with E-state index in [0.717, 1.165) is 12.5 Å². The standard InChI is InChI=1S/C18H23B2F3N4O2.C5H7N3O2.C3H6/c1-11(29-12(2)18(21,22)23)6-16-25-14-5-4-13(7-15(14)26-16)8-27(10-28)17(19,20)9-24-3;1-3-4(5(9)6-2)8-10-7-3;1-2-3-1/h4-5,7,10-12,24H,6,8-9H2,1-3H3,(H,25,26);1-2H3,(H,6,9);1-3H2/t11-,12?;;/m1../s1. The van der Waals surface area contributed by atoms with Crippen molar-refractivity contribution in [1.29, 1.82) is 0 Å². The molecule has 2 amide bonds. The van der Waals surface area contributed by atoms with Crippen LogP contribution in [0.3, 0.4) is 0 Å². The summed E-state index contributed by atoms with van der Waals surface area (Å²) in [7, 11) is 15.1. The van der Waals surface area contributed by atoms with Crippen molar-refractivity contribution in [2.75, 3.05) is 20.6 Å². The van der Waals surface area contributed by atoms with Gasteiger partial charge >= 0.3 is 6.18 Å². The number of halogens is 3. The Kier molecular flexibility index (Phi) is 13.0. The lowest BCUT2D eigenvalue weighted by Gasteiger charge is -2.37. The predicted octanol–water partition coefficient (Wildman–Crippen LogP) is 2.54. The summed E-state index contributed by atoms with van der Waals surface area (Å²) in [6.07, 6.45) is -1.65. The van der Waals surface area contributed by atoms with Gasteiger partial charge in [0.05, 0.1) is 32.8 Å². The number of likely N-dealkylation sites (N-methyl/N-ethyl adjacent to an activating group) is 1. The first-order valence-electron chi connectivity index (χ1n) is 13.4. The third kappa shape index (κ3) is 11.1. The van der Waals surface area contributed by atoms with E-state index >= 15 is 0 Å². The molecule has 1 aliphatic rings. The number of amides is 2. The third-order valence-electron chi connectivity index (χ3n) is 5.90. The van der Waals surface area contributed by atoms with E-state index < -0.39 is 23.7 Å². The fourth-order valence-corrected chi connectivity index (χ4v) is 3.47. The Balaban J connectivity index is 0.000000387. The van der Waals surface area contributed by atoms with Crippen molar-refractivity contribution >= 4 is 39.0 Å². The lowest BCUT2D eigenvalue weighted by molar-refractivity contribution is -0.224. The van der Waals surface area contributed by atoms with Crippen molar-refractivity contribution in [2.24, 2.45) is 0 Å². The molecule has 2 atom stereocenters. The number of hydrogen-bond acceptors (Lipinski definition) is 8. The lowest BCUT2D eigenvalue weighted by atomic mass is 9.60. The Hall–Kier alpha value is -3.39. The van der Waals surface area contributed by atoms with Crippen LogP contribution in [0.15, 0.2) is 22.8 Å². The summed E-state index contributed by atoms with van der Waals surface area (Å²) >= 11 is 0. The number of fused-ring (bicyclic) bond motifs is 1. The topological polar surface area (TPSA) is 138 Å². The molecule has 1 unspecified atom stereocenters. The Labute approximate surface area is 245 Å². The van der Waals surface area contributed by atoms with Crippen LogP contribution in [0.4, 0.5) is 13.2 Å². The number of imidazole rings is 1. The van der Waals surface area contributed by atoms with Gasteiger partial charge in [0.2, 0.25) is 6.41 Å². The number of nitrogens with zero attached hydrogens (tertiary/aromatic N) is 4. The molecule has 0 saturated heterocycles. The first-order chi connectivity index (χ1) is 19.7. The van der Waals surface area contributed by atoms with Crippen molar-refractivity contribution in [3.63, 3.8) is 0 Å². The van der Waals surface area contributed by atoms with Gasteiger partial charge in [-0.1, -0.05) is 30.5 Å². The Morgan fingerprint density at radius 1 is 1.21 bits per heavy atom. The van der Waals surface area contributed by atoms with Gasteiger partial charge in [0.1, 0.15) is 11.5 Å². The van der Waals surface area contributed by atoms with Crippen molar-refractivity contribution in [2.45, 2.75) is 76.7 Å². The van der Waals surface area contributed by atoms with Crippen molar-refractivity contribution in [1.82, 2.24) is 35.8 Å². The van der Waals surface area contributed by atoms with Crippen LogP contribution in [-0.4, -0.2) is 97.6 Å². The molecule has 1 saturated carbocycles. The van der Waals surface area contributed by atoms with Gasteiger partial charge in [0.25, 0.3) is 5.91 Å². The average molecular weight is 589 g/mol. The zero-order valence-electron chi connectivity index (χ0n) is 24.4. The molecule has 0 spiro atoms. The number of alkyl halides is 3. The smallest absolute Gasteiger partial charge is 0.366 e. The number of aromatic nitrogens is 4. The van der Waals surface area contributed by atoms with Crippen LogP contribution >= 0.6 is 0 Å². The maximum atomic E-state index is 12.6. The summed E-state index contributed by atoms with van der Waals surface area (Å²) in [6, 6.07) is 5.33. The largest absolute Gasteiger partial charge is 0.414 e. The van der Waals surface area contributed by atoms with Gasteiger partial charge in [-0.25, -0.2) is 9.61 Å². The molecule has 2 heterocycles. The van der Waals surface area contributed by atoms with Gasteiger partial charge in [-0.2, -0.15) is 13.2 Å². The minimum absolute atomic E-state index is 0.186. The maximum Gasteiger partial charge on any atom is 0.414 e. The van der Waals surface area contributed by atoms with Crippen LogP contribution in [0, 0.1) is 6.92 Å². The number of aryl methyl sites for hydroxylation is 1. The molecule has 0 aliphatic heterocycles. The second-order valence-electron chi connectivity index (χ2n) is 9.96. The summed E-state index contributed by atoms with van der Waals surface area (Å²) in [5.74, 6) is 0.229. The molecule has 11 nitrogen and oxygen atoms in total. The molecule has 2 aromatic heterocycles. The van der Waals surface area contributed by atoms with Gasteiger partial charge in [0, 0.05) is 26.6 Å². The zero-order valence-corrected chi connectivity index (χ0v) is 24.4. The average Bonchev–Trinajstić information content (AvgIpc) is 3.66. The molecule has 1 fully saturated rings. The predicted molar refractivity (Wildman–Crippen MR) is 152 cm³/mol. The van der Waals surface area contributed by atoms with E-state index in [1.807, 2.05) is 0 Å². The van der Waals surface area contributed by atoms with E-state index in [0.29, 0.717) is 29.0 Å². The van der Waals surface area contributed by atoms with Gasteiger partial charge in [-0.15, -0.1) is 0 Å². The van der Waals surface area contributed by atoms with Crippen LogP contribution in [0.1, 0.15) is 60.7 Å². The lowest BCUT2D eigenvalue weighted by Crippen LogP contribution is -2.54. The Morgan fingerprint density at radius 2 is 1.88 bits per heavy atom. The van der Waals surface area contributed by atoms with Gasteiger partial charge in [-0.05, 0) is 56.0 Å². The number of aromatic amines is 1. The first kappa shape index (κ1) is 34.8. The zero-order chi connectivity index (χ0) is 31.5. The minimum Gasteiger partial charge on any atom is -0.366 e. The van der Waals surface area contributed by atoms with E-state index in [2.05, 4.69) is 35.5 Å². The van der Waals surface area contributed by atoms with Crippen LogP contribution in [0.2, 0.25) is 0 Å². The normalized spacial score (nSPS) is 14.1. The van der Waals surface area contributed by atoms with E-state index in [9.17, 15) is 22.8 Å². The molecule has 3 aromatic rings. The highest BCUT2D eigenvalue weighted by atomic mass is 19.4. The molecular weight excluding hydrogens is 553 g/mol. The summed E-state index contributed by atoms with van der Waals surface area (Å²) < 4.78 is 47.2. The van der Waals surface area contributed by atoms with Crippen molar-refractivity contribution < 1.29 is 32.1 Å². The number of rotatable bonds is 11. The molecular formula is C26H36B2F3N7O4.